The van der Waals surface area contributed by atoms with Gasteiger partial charge in [-0.1, -0.05) is 24.3 Å². The van der Waals surface area contributed by atoms with E-state index in [0.717, 1.165) is 11.1 Å². The first-order valence-corrected chi connectivity index (χ1v) is 7.13. The number of aromatic amines is 1. The van der Waals surface area contributed by atoms with Crippen molar-refractivity contribution in [2.24, 2.45) is 0 Å². The molecule has 0 bridgehead atoms. The molecular formula is C15H16N6O2. The van der Waals surface area contributed by atoms with Crippen molar-refractivity contribution in [1.82, 2.24) is 30.9 Å². The highest BCUT2D eigenvalue weighted by Crippen LogP contribution is 2.19. The number of nitrogens with zero attached hydrogens (tertiary/aromatic N) is 4. The molecule has 1 amide bonds. The van der Waals surface area contributed by atoms with Crippen LogP contribution in [-0.4, -0.2) is 31.5 Å². The number of tetrazole rings is 1. The van der Waals surface area contributed by atoms with E-state index in [1.807, 2.05) is 31.2 Å². The van der Waals surface area contributed by atoms with E-state index >= 15 is 0 Å². The molecule has 0 aliphatic rings. The highest BCUT2D eigenvalue weighted by Gasteiger charge is 2.18. The predicted octanol–water partition coefficient (Wildman–Crippen LogP) is 1.96. The van der Waals surface area contributed by atoms with Crippen LogP contribution in [0, 0.1) is 13.8 Å². The molecule has 2 aromatic heterocycles. The van der Waals surface area contributed by atoms with Gasteiger partial charge in [0, 0.05) is 12.5 Å². The first kappa shape index (κ1) is 14.9. The van der Waals surface area contributed by atoms with Crippen LogP contribution in [0.1, 0.15) is 40.7 Å². The third kappa shape index (κ3) is 3.10. The number of carbonyl (C=O) groups is 1. The van der Waals surface area contributed by atoms with Crippen molar-refractivity contribution in [1.29, 1.82) is 0 Å². The summed E-state index contributed by atoms with van der Waals surface area (Å²) >= 11 is 0. The van der Waals surface area contributed by atoms with Crippen LogP contribution in [0.3, 0.4) is 0 Å². The van der Waals surface area contributed by atoms with Crippen molar-refractivity contribution in [2.75, 3.05) is 0 Å². The third-order valence-electron chi connectivity index (χ3n) is 3.48. The van der Waals surface area contributed by atoms with Gasteiger partial charge in [0.05, 0.1) is 6.04 Å². The van der Waals surface area contributed by atoms with E-state index in [4.69, 9.17) is 4.42 Å². The molecule has 8 nitrogen and oxygen atoms in total. The topological polar surface area (TPSA) is 110 Å². The summed E-state index contributed by atoms with van der Waals surface area (Å²) in [5.41, 5.74) is 2.13. The minimum Gasteiger partial charge on any atom is -0.445 e. The SMILES string of the molecule is Cc1nc(C(=O)NC(C)c2ccc(-c3nn[nH]n3)cc2)c(C)o1. The van der Waals surface area contributed by atoms with Crippen LogP contribution < -0.4 is 5.32 Å². The maximum Gasteiger partial charge on any atom is 0.274 e. The molecule has 23 heavy (non-hydrogen) atoms. The van der Waals surface area contributed by atoms with Gasteiger partial charge in [-0.3, -0.25) is 4.79 Å². The predicted molar refractivity (Wildman–Crippen MR) is 81.5 cm³/mol. The van der Waals surface area contributed by atoms with Gasteiger partial charge in [-0.05, 0) is 24.6 Å². The zero-order valence-corrected chi connectivity index (χ0v) is 13.0. The van der Waals surface area contributed by atoms with Gasteiger partial charge >= 0.3 is 0 Å². The highest BCUT2D eigenvalue weighted by molar-refractivity contribution is 5.93. The summed E-state index contributed by atoms with van der Waals surface area (Å²) in [4.78, 5) is 16.3. The molecule has 3 rings (SSSR count). The molecule has 0 aliphatic heterocycles. The standard InChI is InChI=1S/C15H16N6O2/c1-8(16-15(22)13-9(2)23-10(3)17-13)11-4-6-12(7-5-11)14-18-20-21-19-14/h4-8H,1-3H3,(H,16,22)(H,18,19,20,21). The number of benzene rings is 1. The molecule has 1 unspecified atom stereocenters. The van der Waals surface area contributed by atoms with E-state index < -0.39 is 0 Å². The first-order chi connectivity index (χ1) is 11.0. The van der Waals surface area contributed by atoms with Crippen LogP contribution in [0.5, 0.6) is 0 Å². The maximum absolute atomic E-state index is 12.3. The second-order valence-electron chi connectivity index (χ2n) is 5.19. The van der Waals surface area contributed by atoms with Crippen LogP contribution >= 0.6 is 0 Å². The number of aromatic nitrogens is 5. The summed E-state index contributed by atoms with van der Waals surface area (Å²) in [6.45, 7) is 5.34. The lowest BCUT2D eigenvalue weighted by molar-refractivity contribution is 0.0934. The maximum atomic E-state index is 12.3. The fraction of sp³-hybridized carbons (Fsp3) is 0.267. The van der Waals surface area contributed by atoms with Gasteiger partial charge in [-0.25, -0.2) is 4.98 Å². The highest BCUT2D eigenvalue weighted by atomic mass is 16.4. The number of aryl methyl sites for hydroxylation is 2. The average molecular weight is 312 g/mol. The zero-order valence-electron chi connectivity index (χ0n) is 13.0. The Morgan fingerprint density at radius 2 is 2.00 bits per heavy atom. The summed E-state index contributed by atoms with van der Waals surface area (Å²) in [6.07, 6.45) is 0. The normalized spacial score (nSPS) is 12.1. The van der Waals surface area contributed by atoms with Gasteiger partial charge in [-0.15, -0.1) is 10.2 Å². The Kier molecular flexibility index (Phi) is 3.88. The van der Waals surface area contributed by atoms with Gasteiger partial charge in [0.1, 0.15) is 5.76 Å². The number of carbonyl (C=O) groups excluding carboxylic acids is 1. The number of nitrogens with one attached hydrogen (secondary N) is 2. The summed E-state index contributed by atoms with van der Waals surface area (Å²) in [5.74, 6) is 1.26. The Morgan fingerprint density at radius 3 is 2.57 bits per heavy atom. The summed E-state index contributed by atoms with van der Waals surface area (Å²) in [6, 6.07) is 7.43. The fourth-order valence-corrected chi connectivity index (χ4v) is 2.29. The molecule has 2 heterocycles. The van der Waals surface area contributed by atoms with Crippen molar-refractivity contribution in [3.63, 3.8) is 0 Å². The Balaban J connectivity index is 1.72. The molecule has 0 spiro atoms. The van der Waals surface area contributed by atoms with Crippen LogP contribution in [0.2, 0.25) is 0 Å². The van der Waals surface area contributed by atoms with Crippen LogP contribution in [-0.2, 0) is 0 Å². The Bertz CT molecular complexity index is 807. The van der Waals surface area contributed by atoms with E-state index in [1.165, 1.54) is 0 Å². The van der Waals surface area contributed by atoms with E-state index in [2.05, 4.69) is 30.9 Å². The molecule has 0 saturated carbocycles. The lowest BCUT2D eigenvalue weighted by Gasteiger charge is -2.13. The Morgan fingerprint density at radius 1 is 1.26 bits per heavy atom. The molecule has 118 valence electrons. The summed E-state index contributed by atoms with van der Waals surface area (Å²) in [5, 5.41) is 16.7. The van der Waals surface area contributed by atoms with Gasteiger partial charge < -0.3 is 9.73 Å². The lowest BCUT2D eigenvalue weighted by atomic mass is 10.1. The van der Waals surface area contributed by atoms with Crippen LogP contribution in [0.25, 0.3) is 11.4 Å². The third-order valence-corrected chi connectivity index (χ3v) is 3.48. The zero-order chi connectivity index (χ0) is 16.4. The molecular weight excluding hydrogens is 296 g/mol. The Labute approximate surface area is 132 Å². The first-order valence-electron chi connectivity index (χ1n) is 7.13. The van der Waals surface area contributed by atoms with E-state index in [1.54, 1.807) is 13.8 Å². The second-order valence-corrected chi connectivity index (χ2v) is 5.19. The number of H-pyrrole nitrogens is 1. The van der Waals surface area contributed by atoms with Crippen molar-refractivity contribution in [3.05, 3.63) is 47.2 Å². The number of hydrogen-bond donors (Lipinski definition) is 2. The van der Waals surface area contributed by atoms with Crippen LogP contribution in [0.15, 0.2) is 28.7 Å². The number of rotatable bonds is 4. The molecule has 3 aromatic rings. The lowest BCUT2D eigenvalue weighted by Crippen LogP contribution is -2.27. The number of oxazole rings is 1. The van der Waals surface area contributed by atoms with Gasteiger partial charge in [0.15, 0.2) is 11.6 Å². The largest absolute Gasteiger partial charge is 0.445 e. The van der Waals surface area contributed by atoms with Gasteiger partial charge in [0.25, 0.3) is 5.91 Å². The minimum atomic E-state index is -0.255. The molecule has 8 heteroatoms. The van der Waals surface area contributed by atoms with Gasteiger partial charge in [-0.2, -0.15) is 5.21 Å². The van der Waals surface area contributed by atoms with Crippen molar-refractivity contribution in [3.8, 4) is 11.4 Å². The molecule has 1 atom stereocenters. The minimum absolute atomic E-state index is 0.168. The summed E-state index contributed by atoms with van der Waals surface area (Å²) < 4.78 is 5.29. The Hall–Kier alpha value is -3.03. The molecule has 2 N–H and O–H groups in total. The van der Waals surface area contributed by atoms with Gasteiger partial charge in [0.2, 0.25) is 5.82 Å². The van der Waals surface area contributed by atoms with Crippen LogP contribution in [0.4, 0.5) is 0 Å². The number of amides is 1. The smallest absolute Gasteiger partial charge is 0.274 e. The fourth-order valence-electron chi connectivity index (χ4n) is 2.29. The molecule has 0 saturated heterocycles. The van der Waals surface area contributed by atoms with Crippen molar-refractivity contribution < 1.29 is 9.21 Å². The van der Waals surface area contributed by atoms with Crippen molar-refractivity contribution in [2.45, 2.75) is 26.8 Å². The molecule has 0 radical (unpaired) electrons. The monoisotopic (exact) mass is 312 g/mol. The quantitative estimate of drug-likeness (QED) is 0.762. The van der Waals surface area contributed by atoms with E-state index in [9.17, 15) is 4.79 Å². The number of hydrogen-bond acceptors (Lipinski definition) is 6. The molecule has 0 aliphatic carbocycles. The van der Waals surface area contributed by atoms with E-state index in [0.29, 0.717) is 23.2 Å². The summed E-state index contributed by atoms with van der Waals surface area (Å²) in [7, 11) is 0. The van der Waals surface area contributed by atoms with Crippen molar-refractivity contribution >= 4 is 5.91 Å². The van der Waals surface area contributed by atoms with E-state index in [-0.39, 0.29) is 11.9 Å². The molecule has 0 fully saturated rings. The second kappa shape index (κ2) is 5.99. The average Bonchev–Trinajstić information content (AvgIpc) is 3.17. The molecule has 1 aromatic carbocycles.